The Morgan fingerprint density at radius 1 is 1.19 bits per heavy atom. The van der Waals surface area contributed by atoms with Crippen molar-refractivity contribution in [1.82, 2.24) is 5.32 Å². The van der Waals surface area contributed by atoms with Gasteiger partial charge >= 0.3 is 0 Å². The molecule has 0 aliphatic heterocycles. The molecule has 114 valence electrons. The summed E-state index contributed by atoms with van der Waals surface area (Å²) in [5.41, 5.74) is 0.0437. The van der Waals surface area contributed by atoms with Gasteiger partial charge in [0.2, 0.25) is 0 Å². The van der Waals surface area contributed by atoms with Gasteiger partial charge < -0.3 is 10.1 Å². The van der Waals surface area contributed by atoms with Crippen LogP contribution in [0, 0.1) is 11.6 Å². The molecule has 1 aromatic carbocycles. The summed E-state index contributed by atoms with van der Waals surface area (Å²) in [4.78, 5) is 2.11. The number of ether oxygens (including phenoxy) is 1. The molecule has 0 fully saturated rings. The molecule has 1 unspecified atom stereocenters. The van der Waals surface area contributed by atoms with E-state index in [2.05, 4.69) is 12.2 Å². The average molecular weight is 311 g/mol. The fourth-order valence-electron chi connectivity index (χ4n) is 2.24. The predicted octanol–water partition coefficient (Wildman–Crippen LogP) is 4.30. The topological polar surface area (TPSA) is 21.3 Å². The third-order valence-electron chi connectivity index (χ3n) is 3.30. The highest BCUT2D eigenvalue weighted by atomic mass is 32.1. The normalized spacial score (nSPS) is 12.4. The van der Waals surface area contributed by atoms with Gasteiger partial charge in [0.05, 0.1) is 13.2 Å². The SMILES string of the molecule is CCNC(c1ccc(CC)s1)c1c(F)cc(OC)cc1F. The molecule has 0 bridgehead atoms. The van der Waals surface area contributed by atoms with E-state index >= 15 is 0 Å². The van der Waals surface area contributed by atoms with Gasteiger partial charge in [0.1, 0.15) is 17.4 Å². The van der Waals surface area contributed by atoms with Crippen molar-refractivity contribution in [2.75, 3.05) is 13.7 Å². The van der Waals surface area contributed by atoms with E-state index in [4.69, 9.17) is 4.74 Å². The Labute approximate surface area is 127 Å². The molecular formula is C16H19F2NOS. The second-order valence-electron chi connectivity index (χ2n) is 4.65. The van der Waals surface area contributed by atoms with Crippen LogP contribution in [0.2, 0.25) is 0 Å². The van der Waals surface area contributed by atoms with Crippen LogP contribution in [0.3, 0.4) is 0 Å². The summed E-state index contributed by atoms with van der Waals surface area (Å²) in [5.74, 6) is -1.00. The molecule has 2 rings (SSSR count). The minimum Gasteiger partial charge on any atom is -0.497 e. The quantitative estimate of drug-likeness (QED) is 0.859. The molecule has 0 spiro atoms. The Morgan fingerprint density at radius 2 is 1.86 bits per heavy atom. The molecule has 1 atom stereocenters. The van der Waals surface area contributed by atoms with E-state index in [1.807, 2.05) is 19.1 Å². The van der Waals surface area contributed by atoms with Gasteiger partial charge in [-0.15, -0.1) is 11.3 Å². The molecule has 0 amide bonds. The van der Waals surface area contributed by atoms with Crippen LogP contribution in [0.15, 0.2) is 24.3 Å². The van der Waals surface area contributed by atoms with Crippen molar-refractivity contribution in [3.63, 3.8) is 0 Å². The van der Waals surface area contributed by atoms with E-state index in [0.717, 1.165) is 11.3 Å². The van der Waals surface area contributed by atoms with Gasteiger partial charge in [-0.05, 0) is 25.1 Å². The molecule has 1 heterocycles. The zero-order valence-electron chi connectivity index (χ0n) is 12.4. The number of methoxy groups -OCH3 is 1. The lowest BCUT2D eigenvalue weighted by molar-refractivity contribution is 0.403. The maximum atomic E-state index is 14.3. The highest BCUT2D eigenvalue weighted by Crippen LogP contribution is 2.33. The first-order valence-electron chi connectivity index (χ1n) is 6.95. The maximum Gasteiger partial charge on any atom is 0.134 e. The molecule has 2 nitrogen and oxygen atoms in total. The summed E-state index contributed by atoms with van der Waals surface area (Å²) < 4.78 is 33.5. The summed E-state index contributed by atoms with van der Waals surface area (Å²) >= 11 is 1.58. The minimum absolute atomic E-state index is 0.0437. The lowest BCUT2D eigenvalue weighted by atomic mass is 10.0. The third kappa shape index (κ3) is 3.41. The molecule has 5 heteroatoms. The van der Waals surface area contributed by atoms with Crippen LogP contribution in [0.25, 0.3) is 0 Å². The standard InChI is InChI=1S/C16H19F2NOS/c1-4-11-6-7-14(21-11)16(19-5-2)15-12(17)8-10(20-3)9-13(15)18/h6-9,16,19H,4-5H2,1-3H3. The van der Waals surface area contributed by atoms with Crippen molar-refractivity contribution in [2.24, 2.45) is 0 Å². The van der Waals surface area contributed by atoms with Crippen molar-refractivity contribution in [3.05, 3.63) is 51.2 Å². The average Bonchev–Trinajstić information content (AvgIpc) is 2.94. The molecule has 0 saturated carbocycles. The Kier molecular flexibility index (Phi) is 5.31. The Hall–Kier alpha value is -1.46. The predicted molar refractivity (Wildman–Crippen MR) is 82.1 cm³/mol. The van der Waals surface area contributed by atoms with Crippen molar-refractivity contribution < 1.29 is 13.5 Å². The first kappa shape index (κ1) is 15.9. The van der Waals surface area contributed by atoms with E-state index in [-0.39, 0.29) is 11.3 Å². The van der Waals surface area contributed by atoms with Gasteiger partial charge in [0.15, 0.2) is 0 Å². The smallest absolute Gasteiger partial charge is 0.134 e. The minimum atomic E-state index is -0.593. The summed E-state index contributed by atoms with van der Waals surface area (Å²) in [6, 6.07) is 5.89. The number of benzene rings is 1. The van der Waals surface area contributed by atoms with E-state index in [1.54, 1.807) is 11.3 Å². The van der Waals surface area contributed by atoms with Gasteiger partial charge in [-0.1, -0.05) is 13.8 Å². The van der Waals surface area contributed by atoms with Crippen LogP contribution in [0.4, 0.5) is 8.78 Å². The zero-order valence-corrected chi connectivity index (χ0v) is 13.2. The van der Waals surface area contributed by atoms with E-state index in [0.29, 0.717) is 6.54 Å². The van der Waals surface area contributed by atoms with Crippen LogP contribution < -0.4 is 10.1 Å². The second kappa shape index (κ2) is 7.00. The highest BCUT2D eigenvalue weighted by Gasteiger charge is 2.23. The number of halogens is 2. The summed E-state index contributed by atoms with van der Waals surface area (Å²) in [6.45, 7) is 4.60. The van der Waals surface area contributed by atoms with Crippen molar-refractivity contribution in [1.29, 1.82) is 0 Å². The zero-order chi connectivity index (χ0) is 15.4. The Bertz CT molecular complexity index is 589. The number of thiophene rings is 1. The van der Waals surface area contributed by atoms with Crippen molar-refractivity contribution in [3.8, 4) is 5.75 Å². The molecule has 2 aromatic rings. The summed E-state index contributed by atoms with van der Waals surface area (Å²) in [5, 5.41) is 3.16. The van der Waals surface area contributed by atoms with Gasteiger partial charge in [-0.3, -0.25) is 0 Å². The Balaban J connectivity index is 2.47. The van der Waals surface area contributed by atoms with Gasteiger partial charge in [0, 0.05) is 27.5 Å². The lowest BCUT2D eigenvalue weighted by Gasteiger charge is -2.19. The molecule has 0 saturated heterocycles. The van der Waals surface area contributed by atoms with Gasteiger partial charge in [-0.2, -0.15) is 0 Å². The largest absolute Gasteiger partial charge is 0.497 e. The molecule has 1 aromatic heterocycles. The summed E-state index contributed by atoms with van der Waals surface area (Å²) in [7, 11) is 1.39. The first-order valence-corrected chi connectivity index (χ1v) is 7.77. The number of rotatable bonds is 6. The van der Waals surface area contributed by atoms with Gasteiger partial charge in [-0.25, -0.2) is 8.78 Å². The first-order chi connectivity index (χ1) is 10.1. The second-order valence-corrected chi connectivity index (χ2v) is 5.85. The highest BCUT2D eigenvalue weighted by molar-refractivity contribution is 7.12. The number of hydrogen-bond acceptors (Lipinski definition) is 3. The lowest BCUT2D eigenvalue weighted by Crippen LogP contribution is -2.23. The number of hydrogen-bond donors (Lipinski definition) is 1. The number of aryl methyl sites for hydroxylation is 1. The molecule has 0 radical (unpaired) electrons. The fourth-order valence-corrected chi connectivity index (χ4v) is 3.28. The molecule has 1 N–H and O–H groups in total. The molecular weight excluding hydrogens is 292 g/mol. The van der Waals surface area contributed by atoms with E-state index < -0.39 is 17.7 Å². The maximum absolute atomic E-state index is 14.3. The van der Waals surface area contributed by atoms with Crippen LogP contribution in [0.5, 0.6) is 5.75 Å². The number of nitrogens with one attached hydrogen (secondary N) is 1. The van der Waals surface area contributed by atoms with Gasteiger partial charge in [0.25, 0.3) is 0 Å². The van der Waals surface area contributed by atoms with Crippen LogP contribution in [-0.2, 0) is 6.42 Å². The molecule has 0 aliphatic carbocycles. The van der Waals surface area contributed by atoms with Crippen molar-refractivity contribution >= 4 is 11.3 Å². The fraction of sp³-hybridized carbons (Fsp3) is 0.375. The van der Waals surface area contributed by atoms with Crippen LogP contribution in [0.1, 0.15) is 35.2 Å². The molecule has 0 aliphatic rings. The van der Waals surface area contributed by atoms with Crippen LogP contribution in [-0.4, -0.2) is 13.7 Å². The van der Waals surface area contributed by atoms with Crippen LogP contribution >= 0.6 is 11.3 Å². The third-order valence-corrected chi connectivity index (χ3v) is 4.60. The monoisotopic (exact) mass is 311 g/mol. The van der Waals surface area contributed by atoms with Crippen molar-refractivity contribution in [2.45, 2.75) is 26.3 Å². The van der Waals surface area contributed by atoms with E-state index in [9.17, 15) is 8.78 Å². The molecule has 21 heavy (non-hydrogen) atoms. The Morgan fingerprint density at radius 3 is 2.33 bits per heavy atom. The van der Waals surface area contributed by atoms with E-state index in [1.165, 1.54) is 24.1 Å². The summed E-state index contributed by atoms with van der Waals surface area (Å²) in [6.07, 6.45) is 0.914.